The van der Waals surface area contributed by atoms with Gasteiger partial charge >= 0.3 is 5.97 Å². The Morgan fingerprint density at radius 2 is 1.80 bits per heavy atom. The van der Waals surface area contributed by atoms with Gasteiger partial charge in [-0.3, -0.25) is 14.0 Å². The van der Waals surface area contributed by atoms with Crippen LogP contribution in [0.4, 0.5) is 8.78 Å². The molecule has 1 fully saturated rings. The van der Waals surface area contributed by atoms with E-state index in [4.69, 9.17) is 9.47 Å². The Labute approximate surface area is 201 Å². The number of imidazole rings is 1. The number of nitrogens with zero attached hydrogens (tertiary/aromatic N) is 3. The number of aromatic nitrogens is 3. The molecule has 1 aromatic carbocycles. The van der Waals surface area contributed by atoms with Crippen LogP contribution in [-0.4, -0.2) is 39.9 Å². The number of carbonyl (C=O) groups is 2. The number of ether oxygens (including phenoxy) is 2. The summed E-state index contributed by atoms with van der Waals surface area (Å²) in [6.07, 6.45) is 4.83. The van der Waals surface area contributed by atoms with Crippen LogP contribution in [0.25, 0.3) is 5.65 Å². The van der Waals surface area contributed by atoms with E-state index in [2.05, 4.69) is 15.3 Å². The van der Waals surface area contributed by atoms with Gasteiger partial charge in [0.15, 0.2) is 0 Å². The summed E-state index contributed by atoms with van der Waals surface area (Å²) in [7, 11) is 1.40. The minimum Gasteiger partial charge on any atom is -0.470 e. The second-order valence-corrected chi connectivity index (χ2v) is 8.87. The number of amides is 1. The van der Waals surface area contributed by atoms with Gasteiger partial charge in [0.1, 0.15) is 23.9 Å². The van der Waals surface area contributed by atoms with Crippen LogP contribution < -0.4 is 10.1 Å². The van der Waals surface area contributed by atoms with Gasteiger partial charge in [-0.2, -0.15) is 0 Å². The van der Waals surface area contributed by atoms with Gasteiger partial charge in [0.25, 0.3) is 11.8 Å². The van der Waals surface area contributed by atoms with Crippen molar-refractivity contribution in [1.29, 1.82) is 0 Å². The number of halogens is 2. The van der Waals surface area contributed by atoms with Crippen molar-refractivity contribution in [3.8, 4) is 5.88 Å². The number of aryl methyl sites for hydroxylation is 2. The number of rotatable bonds is 7. The molecule has 2 aromatic heterocycles. The van der Waals surface area contributed by atoms with E-state index in [9.17, 15) is 18.4 Å². The molecular formula is C25H28F2N4O4. The fourth-order valence-electron chi connectivity index (χ4n) is 4.52. The fourth-order valence-corrected chi connectivity index (χ4v) is 4.52. The predicted molar refractivity (Wildman–Crippen MR) is 123 cm³/mol. The van der Waals surface area contributed by atoms with E-state index in [1.165, 1.54) is 13.2 Å². The predicted octanol–water partition coefficient (Wildman–Crippen LogP) is 3.91. The van der Waals surface area contributed by atoms with Crippen LogP contribution in [0, 0.1) is 37.3 Å². The molecule has 1 saturated carbocycles. The molecule has 1 N–H and O–H groups in total. The minimum atomic E-state index is -0.714. The highest BCUT2D eigenvalue weighted by atomic mass is 19.1. The lowest BCUT2D eigenvalue weighted by Gasteiger charge is -2.26. The Hall–Kier alpha value is -3.56. The van der Waals surface area contributed by atoms with Crippen LogP contribution in [0.1, 0.15) is 53.1 Å². The SMILES string of the molecule is COC(=O)C1CCC(CNC(=O)c2c(C)nc3c(OCc4c(F)cccc4F)nc(C)cn23)CC1. The zero-order chi connectivity index (χ0) is 25.1. The molecule has 3 aromatic rings. The zero-order valence-corrected chi connectivity index (χ0v) is 19.9. The third-order valence-electron chi connectivity index (χ3n) is 6.43. The molecular weight excluding hydrogens is 458 g/mol. The van der Waals surface area contributed by atoms with Gasteiger partial charge in [-0.1, -0.05) is 6.07 Å². The molecule has 1 aliphatic rings. The summed E-state index contributed by atoms with van der Waals surface area (Å²) in [4.78, 5) is 33.6. The van der Waals surface area contributed by atoms with Gasteiger partial charge in [0, 0.05) is 12.7 Å². The van der Waals surface area contributed by atoms with Crippen molar-refractivity contribution in [2.45, 2.75) is 46.1 Å². The highest BCUT2D eigenvalue weighted by molar-refractivity contribution is 5.94. The molecule has 4 rings (SSSR count). The van der Waals surface area contributed by atoms with Gasteiger partial charge in [0.05, 0.1) is 30.0 Å². The van der Waals surface area contributed by atoms with Crippen LogP contribution in [0.2, 0.25) is 0 Å². The van der Waals surface area contributed by atoms with Crippen LogP contribution >= 0.6 is 0 Å². The van der Waals surface area contributed by atoms with Crippen LogP contribution in [-0.2, 0) is 16.1 Å². The molecule has 0 spiro atoms. The molecule has 1 amide bonds. The molecule has 2 heterocycles. The summed E-state index contributed by atoms with van der Waals surface area (Å²) >= 11 is 0. The lowest BCUT2D eigenvalue weighted by Crippen LogP contribution is -2.33. The summed E-state index contributed by atoms with van der Waals surface area (Å²) in [6.45, 7) is 3.55. The summed E-state index contributed by atoms with van der Waals surface area (Å²) in [5.41, 5.74) is 1.45. The van der Waals surface area contributed by atoms with Crippen molar-refractivity contribution in [2.75, 3.05) is 13.7 Å². The quantitative estimate of drug-likeness (QED) is 0.509. The van der Waals surface area contributed by atoms with Gasteiger partial charge in [0.2, 0.25) is 5.65 Å². The lowest BCUT2D eigenvalue weighted by molar-refractivity contribution is -0.146. The van der Waals surface area contributed by atoms with Crippen molar-refractivity contribution in [3.05, 3.63) is 58.7 Å². The molecule has 0 radical (unpaired) electrons. The van der Waals surface area contributed by atoms with Gasteiger partial charge in [-0.25, -0.2) is 18.7 Å². The summed E-state index contributed by atoms with van der Waals surface area (Å²) in [5, 5.41) is 2.98. The van der Waals surface area contributed by atoms with E-state index in [1.54, 1.807) is 24.4 Å². The Morgan fingerprint density at radius 3 is 2.46 bits per heavy atom. The van der Waals surface area contributed by atoms with E-state index >= 15 is 0 Å². The maximum Gasteiger partial charge on any atom is 0.308 e. The van der Waals surface area contributed by atoms with E-state index in [0.29, 0.717) is 23.6 Å². The lowest BCUT2D eigenvalue weighted by atomic mass is 9.82. The van der Waals surface area contributed by atoms with Crippen molar-refractivity contribution >= 4 is 17.5 Å². The number of methoxy groups -OCH3 is 1. The Bertz CT molecular complexity index is 1230. The number of carbonyl (C=O) groups excluding carboxylic acids is 2. The van der Waals surface area contributed by atoms with Crippen molar-refractivity contribution in [3.63, 3.8) is 0 Å². The molecule has 0 bridgehead atoms. The molecule has 8 nitrogen and oxygen atoms in total. The van der Waals surface area contributed by atoms with E-state index < -0.39 is 11.6 Å². The number of esters is 1. The maximum absolute atomic E-state index is 14.0. The second kappa shape index (κ2) is 10.4. The van der Waals surface area contributed by atoms with Gasteiger partial charge in [-0.15, -0.1) is 0 Å². The molecule has 0 atom stereocenters. The topological polar surface area (TPSA) is 94.8 Å². The average Bonchev–Trinajstić information content (AvgIpc) is 3.17. The summed E-state index contributed by atoms with van der Waals surface area (Å²) < 4.78 is 40.1. The van der Waals surface area contributed by atoms with Crippen molar-refractivity contribution in [1.82, 2.24) is 19.7 Å². The molecule has 0 aliphatic heterocycles. The fraction of sp³-hybridized carbons (Fsp3) is 0.440. The monoisotopic (exact) mass is 486 g/mol. The van der Waals surface area contributed by atoms with Gasteiger partial charge < -0.3 is 14.8 Å². The number of hydrogen-bond donors (Lipinski definition) is 1. The smallest absolute Gasteiger partial charge is 0.308 e. The van der Waals surface area contributed by atoms with E-state index in [0.717, 1.165) is 37.8 Å². The Balaban J connectivity index is 1.48. The number of benzene rings is 1. The van der Waals surface area contributed by atoms with E-state index in [1.807, 2.05) is 0 Å². The average molecular weight is 487 g/mol. The highest BCUT2D eigenvalue weighted by Crippen LogP contribution is 2.29. The van der Waals surface area contributed by atoms with Crippen molar-refractivity contribution < 1.29 is 27.8 Å². The summed E-state index contributed by atoms with van der Waals surface area (Å²) in [5.74, 6) is -1.61. The van der Waals surface area contributed by atoms with Crippen LogP contribution in [0.5, 0.6) is 5.88 Å². The number of hydrogen-bond acceptors (Lipinski definition) is 6. The van der Waals surface area contributed by atoms with Crippen LogP contribution in [0.3, 0.4) is 0 Å². The maximum atomic E-state index is 14.0. The molecule has 186 valence electrons. The molecule has 35 heavy (non-hydrogen) atoms. The Morgan fingerprint density at radius 1 is 1.11 bits per heavy atom. The molecule has 10 heteroatoms. The standard InChI is InChI=1S/C25H28F2N4O4/c1-14-12-31-21(23(32)28-11-16-7-9-17(10-8-16)25(33)34-3)15(2)30-22(31)24(29-14)35-13-18-19(26)5-4-6-20(18)27/h4-6,12,16-17H,7-11,13H2,1-3H3,(H,28,32). The summed E-state index contributed by atoms with van der Waals surface area (Å²) in [6, 6.07) is 3.60. The largest absolute Gasteiger partial charge is 0.470 e. The number of nitrogens with one attached hydrogen (secondary N) is 1. The van der Waals surface area contributed by atoms with E-state index in [-0.39, 0.29) is 47.4 Å². The molecule has 0 unspecified atom stereocenters. The second-order valence-electron chi connectivity index (χ2n) is 8.87. The molecule has 1 aliphatic carbocycles. The Kier molecular flexibility index (Phi) is 7.28. The third kappa shape index (κ3) is 5.26. The number of fused-ring (bicyclic) bond motifs is 1. The van der Waals surface area contributed by atoms with Crippen molar-refractivity contribution in [2.24, 2.45) is 11.8 Å². The third-order valence-corrected chi connectivity index (χ3v) is 6.43. The first-order valence-corrected chi connectivity index (χ1v) is 11.6. The van der Waals surface area contributed by atoms with Crippen LogP contribution in [0.15, 0.2) is 24.4 Å². The highest BCUT2D eigenvalue weighted by Gasteiger charge is 2.28. The minimum absolute atomic E-state index is 0.0697. The molecule has 0 saturated heterocycles. The first-order valence-electron chi connectivity index (χ1n) is 11.6. The first kappa shape index (κ1) is 24.6. The zero-order valence-electron chi connectivity index (χ0n) is 19.9. The van der Waals surface area contributed by atoms with Gasteiger partial charge in [-0.05, 0) is 57.6 Å². The first-order chi connectivity index (χ1) is 16.8. The normalized spacial score (nSPS) is 17.9.